The van der Waals surface area contributed by atoms with Gasteiger partial charge in [0.15, 0.2) is 5.78 Å². The van der Waals surface area contributed by atoms with E-state index in [1.165, 1.54) is 69.3 Å². The zero-order valence-corrected chi connectivity index (χ0v) is 40.4. The number of Topliss-reactive ketones (excluding diaryl/α,β-unsaturated/α-hetero) is 1. The molecule has 20 heteroatoms. The molecular formula is C42H41N6Na2O10PS. The van der Waals surface area contributed by atoms with Crippen LogP contribution in [0.1, 0.15) is 39.5 Å². The summed E-state index contributed by atoms with van der Waals surface area (Å²) in [6.45, 7) is 6.60. The Morgan fingerprint density at radius 1 is 0.935 bits per heavy atom. The number of phosphoric acid groups is 1. The van der Waals surface area contributed by atoms with E-state index in [-0.39, 0.29) is 126 Å². The number of rotatable bonds is 13. The van der Waals surface area contributed by atoms with Crippen LogP contribution >= 0.6 is 7.82 Å². The van der Waals surface area contributed by atoms with E-state index in [1.807, 2.05) is 37.3 Å². The summed E-state index contributed by atoms with van der Waals surface area (Å²) in [6, 6.07) is 24.1. The van der Waals surface area contributed by atoms with Crippen LogP contribution in [0.5, 0.6) is 5.75 Å². The first-order valence-electron chi connectivity index (χ1n) is 18.9. The molecule has 0 spiro atoms. The number of carbonyl (C=O) groups is 4. The Labute approximate surface area is 403 Å². The summed E-state index contributed by atoms with van der Waals surface area (Å²) in [4.78, 5) is 81.4. The van der Waals surface area contributed by atoms with Gasteiger partial charge < -0.3 is 34.0 Å². The van der Waals surface area contributed by atoms with Gasteiger partial charge in [0.25, 0.3) is 10.0 Å². The van der Waals surface area contributed by atoms with Crippen molar-refractivity contribution in [3.63, 3.8) is 0 Å². The smallest absolute Gasteiger partial charge is 0.780 e. The average Bonchev–Trinajstić information content (AvgIpc) is 3.62. The first kappa shape index (κ1) is 48.9. The minimum absolute atomic E-state index is 0. The van der Waals surface area contributed by atoms with Crippen molar-refractivity contribution in [2.24, 2.45) is 0 Å². The summed E-state index contributed by atoms with van der Waals surface area (Å²) in [5.74, 6) is -1.58. The molecule has 4 amide bonds. The van der Waals surface area contributed by atoms with Crippen molar-refractivity contribution in [3.05, 3.63) is 144 Å². The van der Waals surface area contributed by atoms with Crippen LogP contribution in [-0.4, -0.2) is 87.7 Å². The molecule has 2 fully saturated rings. The van der Waals surface area contributed by atoms with Crippen molar-refractivity contribution < 1.29 is 106 Å². The van der Waals surface area contributed by atoms with Gasteiger partial charge in [-0.1, -0.05) is 84.4 Å². The molecule has 0 unspecified atom stereocenters. The number of nitrogens with one attached hydrogen (secondary N) is 1. The molecule has 0 aliphatic carbocycles. The number of fused-ring (bicyclic) bond motifs is 2. The summed E-state index contributed by atoms with van der Waals surface area (Å²) in [6.07, 6.45) is 1.68. The van der Waals surface area contributed by atoms with Gasteiger partial charge in [0, 0.05) is 43.2 Å². The third-order valence-corrected chi connectivity index (χ3v) is 12.5. The average molecular weight is 899 g/mol. The zero-order valence-electron chi connectivity index (χ0n) is 34.7. The fourth-order valence-corrected chi connectivity index (χ4v) is 9.47. The largest absolute Gasteiger partial charge is 1.00 e. The van der Waals surface area contributed by atoms with Crippen LogP contribution in [0.3, 0.4) is 0 Å². The van der Waals surface area contributed by atoms with Crippen LogP contribution in [0.4, 0.5) is 4.79 Å². The van der Waals surface area contributed by atoms with Gasteiger partial charge in [-0.25, -0.2) is 27.2 Å². The molecule has 0 saturated carbocycles. The van der Waals surface area contributed by atoms with Crippen LogP contribution < -0.4 is 78.7 Å². The molecule has 5 aromatic rings. The van der Waals surface area contributed by atoms with E-state index in [0.29, 0.717) is 16.5 Å². The predicted octanol–water partition coefficient (Wildman–Crippen LogP) is -2.66. The second-order valence-electron chi connectivity index (χ2n) is 14.6. The molecule has 62 heavy (non-hydrogen) atoms. The number of benzene rings is 4. The van der Waals surface area contributed by atoms with Crippen molar-refractivity contribution >= 4 is 52.4 Å². The van der Waals surface area contributed by atoms with E-state index >= 15 is 0 Å². The summed E-state index contributed by atoms with van der Waals surface area (Å²) >= 11 is 0. The topological polar surface area (TPSA) is 205 Å². The van der Waals surface area contributed by atoms with Crippen molar-refractivity contribution in [2.45, 2.75) is 50.5 Å². The molecule has 2 saturated heterocycles. The molecule has 4 aromatic carbocycles. The summed E-state index contributed by atoms with van der Waals surface area (Å²) in [7, 11) is -9.62. The van der Waals surface area contributed by atoms with Crippen LogP contribution in [0.25, 0.3) is 10.9 Å². The number of carbonyl (C=O) groups excluding carboxylic acids is 4. The number of para-hydroxylation sites is 1. The Morgan fingerprint density at radius 3 is 2.24 bits per heavy atom. The fraction of sp³-hybridized carbons (Fsp3) is 0.238. The van der Waals surface area contributed by atoms with Gasteiger partial charge in [0.1, 0.15) is 25.8 Å². The number of urea groups is 1. The van der Waals surface area contributed by atoms with Gasteiger partial charge in [0.2, 0.25) is 11.8 Å². The molecule has 2 atom stereocenters. The number of ketones is 1. The van der Waals surface area contributed by atoms with Gasteiger partial charge in [-0.2, -0.15) is 0 Å². The monoisotopic (exact) mass is 898 g/mol. The molecule has 2 aliphatic rings. The third-order valence-electron chi connectivity index (χ3n) is 10.4. The molecule has 7 rings (SSSR count). The Morgan fingerprint density at radius 2 is 1.61 bits per heavy atom. The second kappa shape index (κ2) is 20.2. The molecule has 16 nitrogen and oxygen atoms in total. The van der Waals surface area contributed by atoms with Crippen LogP contribution in [-0.2, 0) is 43.7 Å². The summed E-state index contributed by atoms with van der Waals surface area (Å²) in [5, 5.41) is 6.22. The maximum absolute atomic E-state index is 14.8. The molecule has 1 aromatic heterocycles. The van der Waals surface area contributed by atoms with Gasteiger partial charge in [0.05, 0.1) is 23.5 Å². The number of hydrogen-bond donors (Lipinski definition) is 1. The minimum Gasteiger partial charge on any atom is -0.780 e. The molecule has 0 bridgehead atoms. The normalized spacial score (nSPS) is 16.9. The Bertz CT molecular complexity index is 2640. The number of nitrogens with zero attached hydrogens (tertiary/aromatic N) is 5. The number of aromatic nitrogens is 1. The third kappa shape index (κ3) is 10.5. The summed E-state index contributed by atoms with van der Waals surface area (Å²) < 4.78 is 45.3. The molecular weight excluding hydrogens is 858 g/mol. The maximum Gasteiger partial charge on any atom is 1.00 e. The fourth-order valence-electron chi connectivity index (χ4n) is 7.68. The minimum atomic E-state index is -5.35. The quantitative estimate of drug-likeness (QED) is 0.0560. The maximum atomic E-state index is 14.8. The Kier molecular flexibility index (Phi) is 15.9. The zero-order chi connectivity index (χ0) is 42.9. The number of aryl methyl sites for hydroxylation is 1. The van der Waals surface area contributed by atoms with Crippen LogP contribution in [0.15, 0.2) is 121 Å². The number of phosphoric ester groups is 1. The number of hydrazine groups is 1. The van der Waals surface area contributed by atoms with Crippen molar-refractivity contribution in [1.29, 1.82) is 0 Å². The van der Waals surface area contributed by atoms with Crippen molar-refractivity contribution in [3.8, 4) is 5.75 Å². The van der Waals surface area contributed by atoms with E-state index in [9.17, 15) is 41.9 Å². The second-order valence-corrected chi connectivity index (χ2v) is 17.4. The van der Waals surface area contributed by atoms with Crippen LogP contribution in [0.2, 0.25) is 0 Å². The number of hydrogen-bond acceptors (Lipinski definition) is 11. The first-order valence-corrected chi connectivity index (χ1v) is 21.8. The van der Waals surface area contributed by atoms with Crippen LogP contribution in [0, 0.1) is 6.92 Å². The number of piperazine rings is 1. The van der Waals surface area contributed by atoms with Crippen molar-refractivity contribution in [1.82, 2.24) is 29.1 Å². The molecule has 3 heterocycles. The molecule has 1 N–H and O–H groups in total. The Hall–Kier alpha value is -4.10. The number of amides is 4. The van der Waals surface area contributed by atoms with Gasteiger partial charge >= 0.3 is 65.1 Å². The van der Waals surface area contributed by atoms with E-state index in [4.69, 9.17) is 0 Å². The first-order chi connectivity index (χ1) is 28.5. The molecule has 312 valence electrons. The standard InChI is InChI=1S/C42H43N6O10PS.2Na/c1-4-21-45-27-39(50)47-37(22-30-15-17-33(18-16-30)58-59(53,54)55)41(51)44(26-38(47)48(45)42(52)43-23-31-9-6-5-7-10-31)24-32-11-8-12-35-36(29(3)49)25-46(40(32)35)60(56,57)34-19-13-28(2)14-20-34;;/h4-20,25,37-38H,1,21-24,26-27H2,2-3H3,(H,43,52)(H2,53,54,55);;/q;2*+1/p-2/t37-,38-;;/m0../s1. The van der Waals surface area contributed by atoms with E-state index in [0.717, 1.165) is 15.1 Å². The summed E-state index contributed by atoms with van der Waals surface area (Å²) in [5.41, 5.74) is 2.87. The van der Waals surface area contributed by atoms with Gasteiger partial charge in [-0.3, -0.25) is 14.4 Å². The molecule has 0 radical (unpaired) electrons. The predicted molar refractivity (Wildman–Crippen MR) is 216 cm³/mol. The van der Waals surface area contributed by atoms with Crippen molar-refractivity contribution in [2.75, 3.05) is 19.6 Å². The van der Waals surface area contributed by atoms with E-state index in [1.54, 1.807) is 36.4 Å². The Balaban J connectivity index is 0.00000363. The van der Waals surface area contributed by atoms with Gasteiger partial charge in [-0.05, 0) is 54.8 Å². The molecule has 2 aliphatic heterocycles. The SMILES string of the molecule is C=CCN1CC(=O)N2[C@@H](Cc3ccc(OP(=O)([O-])[O-])cc3)C(=O)N(Cc3cccc4c(C(C)=O)cn(S(=O)(=O)c5ccc(C)cc5)c34)C[C@@H]2N1C(=O)NCc1ccccc1.[Na+].[Na+]. The van der Waals surface area contributed by atoms with Gasteiger partial charge in [-0.15, -0.1) is 6.58 Å². The van der Waals surface area contributed by atoms with E-state index < -0.39 is 47.9 Å². The van der Waals surface area contributed by atoms with E-state index in [2.05, 4.69) is 16.4 Å².